The predicted molar refractivity (Wildman–Crippen MR) is 64.9 cm³/mol. The molecule has 1 rings (SSSR count). The molecule has 0 atom stereocenters. The van der Waals surface area contributed by atoms with Crippen molar-refractivity contribution >= 4 is 33.2 Å². The van der Waals surface area contributed by atoms with Gasteiger partial charge in [-0.1, -0.05) is 22.0 Å². The minimum Gasteiger partial charge on any atom is -0.326 e. The van der Waals surface area contributed by atoms with Crippen molar-refractivity contribution in [2.45, 2.75) is 13.3 Å². The van der Waals surface area contributed by atoms with Gasteiger partial charge in [0.15, 0.2) is 0 Å². The first-order valence-electron chi connectivity index (χ1n) is 4.66. The Labute approximate surface area is 101 Å². The first kappa shape index (κ1) is 12.6. The summed E-state index contributed by atoms with van der Waals surface area (Å²) in [5.41, 5.74) is 0.965. The van der Waals surface area contributed by atoms with E-state index in [4.69, 9.17) is 0 Å². The van der Waals surface area contributed by atoms with Crippen LogP contribution < -0.4 is 5.32 Å². The lowest BCUT2D eigenvalue weighted by atomic mass is 10.1. The van der Waals surface area contributed by atoms with Crippen LogP contribution >= 0.6 is 15.9 Å². The minimum absolute atomic E-state index is 0.0108. The molecule has 0 aliphatic rings. The molecular formula is C10H11BrN2O3. The van der Waals surface area contributed by atoms with E-state index in [0.29, 0.717) is 23.0 Å². The van der Waals surface area contributed by atoms with Gasteiger partial charge in [0.1, 0.15) is 0 Å². The predicted octanol–water partition coefficient (Wildman–Crippen LogP) is 2.63. The van der Waals surface area contributed by atoms with E-state index in [1.54, 1.807) is 19.1 Å². The Bertz CT molecular complexity index is 421. The van der Waals surface area contributed by atoms with E-state index in [0.717, 1.165) is 0 Å². The number of alkyl halides is 1. The van der Waals surface area contributed by atoms with Crippen molar-refractivity contribution in [3.63, 3.8) is 0 Å². The number of nitrogens with zero attached hydrogens (tertiary/aromatic N) is 1. The fourth-order valence-corrected chi connectivity index (χ4v) is 1.62. The normalized spacial score (nSPS) is 9.88. The standard InChI is InChI=1S/C10H11BrN2O3/c1-7-8(12-10(14)5-6-11)3-2-4-9(7)13(15)16/h2-4H,5-6H2,1H3,(H,12,14). The molecule has 0 bridgehead atoms. The highest BCUT2D eigenvalue weighted by molar-refractivity contribution is 9.09. The maximum Gasteiger partial charge on any atom is 0.274 e. The summed E-state index contributed by atoms with van der Waals surface area (Å²) in [6, 6.07) is 4.61. The van der Waals surface area contributed by atoms with Crippen molar-refractivity contribution in [2.24, 2.45) is 0 Å². The Kier molecular flexibility index (Phi) is 4.42. The van der Waals surface area contributed by atoms with Gasteiger partial charge in [-0.15, -0.1) is 0 Å². The molecule has 0 aliphatic heterocycles. The van der Waals surface area contributed by atoms with E-state index in [9.17, 15) is 14.9 Å². The molecule has 1 aromatic carbocycles. The van der Waals surface area contributed by atoms with Crippen LogP contribution in [-0.2, 0) is 4.79 Å². The van der Waals surface area contributed by atoms with Gasteiger partial charge in [0.05, 0.1) is 16.2 Å². The average molecular weight is 287 g/mol. The number of carbonyl (C=O) groups excluding carboxylic acids is 1. The highest BCUT2D eigenvalue weighted by Crippen LogP contribution is 2.24. The first-order valence-corrected chi connectivity index (χ1v) is 5.78. The van der Waals surface area contributed by atoms with Gasteiger partial charge in [0.2, 0.25) is 5.91 Å². The van der Waals surface area contributed by atoms with Gasteiger partial charge in [-0.3, -0.25) is 14.9 Å². The van der Waals surface area contributed by atoms with Crippen LogP contribution in [-0.4, -0.2) is 16.2 Å². The zero-order chi connectivity index (χ0) is 12.1. The Morgan fingerprint density at radius 3 is 2.81 bits per heavy atom. The SMILES string of the molecule is Cc1c(NC(=O)CCBr)cccc1[N+](=O)[O-]. The molecule has 5 nitrogen and oxygen atoms in total. The van der Waals surface area contributed by atoms with Crippen molar-refractivity contribution < 1.29 is 9.72 Å². The molecular weight excluding hydrogens is 276 g/mol. The summed E-state index contributed by atoms with van der Waals surface area (Å²) in [6.07, 6.45) is 0.335. The molecule has 0 spiro atoms. The molecule has 0 aromatic heterocycles. The molecule has 0 radical (unpaired) electrons. The van der Waals surface area contributed by atoms with Crippen LogP contribution in [0.2, 0.25) is 0 Å². The fraction of sp³-hybridized carbons (Fsp3) is 0.300. The van der Waals surface area contributed by atoms with E-state index >= 15 is 0 Å². The van der Waals surface area contributed by atoms with E-state index in [2.05, 4.69) is 21.2 Å². The number of nitro benzene ring substituents is 1. The number of halogens is 1. The fourth-order valence-electron chi connectivity index (χ4n) is 1.26. The maximum absolute atomic E-state index is 11.3. The number of benzene rings is 1. The number of amides is 1. The molecule has 0 fully saturated rings. The maximum atomic E-state index is 11.3. The second kappa shape index (κ2) is 5.60. The molecule has 0 aliphatic carbocycles. The van der Waals surface area contributed by atoms with Crippen LogP contribution in [0.3, 0.4) is 0 Å². The molecule has 1 N–H and O–H groups in total. The third-order valence-electron chi connectivity index (χ3n) is 2.10. The summed E-state index contributed by atoms with van der Waals surface area (Å²) in [5.74, 6) is -0.166. The quantitative estimate of drug-likeness (QED) is 0.525. The largest absolute Gasteiger partial charge is 0.326 e. The summed E-state index contributed by atoms with van der Waals surface area (Å²) < 4.78 is 0. The van der Waals surface area contributed by atoms with Gasteiger partial charge >= 0.3 is 0 Å². The van der Waals surface area contributed by atoms with E-state index in [1.165, 1.54) is 6.07 Å². The lowest BCUT2D eigenvalue weighted by molar-refractivity contribution is -0.385. The topological polar surface area (TPSA) is 72.2 Å². The van der Waals surface area contributed by atoms with Crippen LogP contribution in [0.15, 0.2) is 18.2 Å². The third kappa shape index (κ3) is 3.03. The van der Waals surface area contributed by atoms with Crippen LogP contribution in [0.5, 0.6) is 0 Å². The molecule has 86 valence electrons. The zero-order valence-corrected chi connectivity index (χ0v) is 10.3. The van der Waals surface area contributed by atoms with E-state index in [1.807, 2.05) is 0 Å². The van der Waals surface area contributed by atoms with Crippen molar-refractivity contribution in [3.8, 4) is 0 Å². The molecule has 1 aromatic rings. The molecule has 1 amide bonds. The summed E-state index contributed by atoms with van der Waals surface area (Å²) in [7, 11) is 0. The van der Waals surface area contributed by atoms with Gasteiger partial charge in [-0.05, 0) is 13.0 Å². The number of hydrogen-bond acceptors (Lipinski definition) is 3. The third-order valence-corrected chi connectivity index (χ3v) is 2.49. The van der Waals surface area contributed by atoms with Crippen LogP contribution in [0, 0.1) is 17.0 Å². The number of nitrogens with one attached hydrogen (secondary N) is 1. The number of nitro groups is 1. The van der Waals surface area contributed by atoms with Gasteiger partial charge < -0.3 is 5.32 Å². The van der Waals surface area contributed by atoms with Crippen molar-refractivity contribution in [2.75, 3.05) is 10.6 Å². The van der Waals surface area contributed by atoms with Gasteiger partial charge in [-0.25, -0.2) is 0 Å². The number of hydrogen-bond donors (Lipinski definition) is 1. The monoisotopic (exact) mass is 286 g/mol. The molecule has 0 saturated heterocycles. The van der Waals surface area contributed by atoms with Crippen molar-refractivity contribution in [1.29, 1.82) is 0 Å². The average Bonchev–Trinajstić information content (AvgIpc) is 2.21. The molecule has 0 saturated carbocycles. The zero-order valence-electron chi connectivity index (χ0n) is 8.70. The highest BCUT2D eigenvalue weighted by Gasteiger charge is 2.14. The van der Waals surface area contributed by atoms with Crippen molar-refractivity contribution in [1.82, 2.24) is 0 Å². The van der Waals surface area contributed by atoms with E-state index in [-0.39, 0.29) is 11.6 Å². The lowest BCUT2D eigenvalue weighted by Crippen LogP contribution is -2.12. The molecule has 6 heteroatoms. The second-order valence-electron chi connectivity index (χ2n) is 3.19. The summed E-state index contributed by atoms with van der Waals surface area (Å²) in [5, 5.41) is 13.9. The Balaban J connectivity index is 2.93. The van der Waals surface area contributed by atoms with Gasteiger partial charge in [-0.2, -0.15) is 0 Å². The Morgan fingerprint density at radius 1 is 1.56 bits per heavy atom. The Morgan fingerprint density at radius 2 is 2.25 bits per heavy atom. The van der Waals surface area contributed by atoms with Gasteiger partial charge in [0.25, 0.3) is 5.69 Å². The highest BCUT2D eigenvalue weighted by atomic mass is 79.9. The molecule has 16 heavy (non-hydrogen) atoms. The smallest absolute Gasteiger partial charge is 0.274 e. The lowest BCUT2D eigenvalue weighted by Gasteiger charge is -2.07. The summed E-state index contributed by atoms with van der Waals surface area (Å²) in [6.45, 7) is 1.61. The Hall–Kier alpha value is -1.43. The second-order valence-corrected chi connectivity index (χ2v) is 3.99. The molecule has 0 heterocycles. The van der Waals surface area contributed by atoms with Crippen LogP contribution in [0.25, 0.3) is 0 Å². The number of carbonyl (C=O) groups is 1. The van der Waals surface area contributed by atoms with E-state index < -0.39 is 4.92 Å². The first-order chi connectivity index (χ1) is 7.56. The van der Waals surface area contributed by atoms with Gasteiger partial charge in [0, 0.05) is 17.8 Å². The number of anilines is 1. The summed E-state index contributed by atoms with van der Waals surface area (Å²) in [4.78, 5) is 21.5. The van der Waals surface area contributed by atoms with Crippen LogP contribution in [0.4, 0.5) is 11.4 Å². The number of rotatable bonds is 4. The molecule has 0 unspecified atom stereocenters. The minimum atomic E-state index is -0.463. The van der Waals surface area contributed by atoms with Crippen LogP contribution in [0.1, 0.15) is 12.0 Å². The summed E-state index contributed by atoms with van der Waals surface area (Å²) >= 11 is 3.15. The van der Waals surface area contributed by atoms with Crippen molar-refractivity contribution in [3.05, 3.63) is 33.9 Å².